The summed E-state index contributed by atoms with van der Waals surface area (Å²) in [6, 6.07) is -0.389. The minimum atomic E-state index is -4.84. The smallest absolute Gasteiger partial charge is 0.298 e. The summed E-state index contributed by atoms with van der Waals surface area (Å²) < 4.78 is 82.9. The maximum absolute atomic E-state index is 14.4. The van der Waals surface area contributed by atoms with Crippen molar-refractivity contribution in [2.24, 2.45) is 11.3 Å². The molecule has 2 nitrogen and oxygen atoms in total. The molecule has 1 saturated carbocycles. The van der Waals surface area contributed by atoms with E-state index in [2.05, 4.69) is 5.32 Å². The van der Waals surface area contributed by atoms with Crippen molar-refractivity contribution in [3.63, 3.8) is 0 Å². The molecule has 0 radical (unpaired) electrons. The highest BCUT2D eigenvalue weighted by Gasteiger charge is 2.47. The summed E-state index contributed by atoms with van der Waals surface area (Å²) in [5, 5.41) is 2.13. The third kappa shape index (κ3) is 7.32. The molecule has 0 spiro atoms. The fraction of sp³-hybridized carbons (Fsp3) is 0.667. The lowest BCUT2D eigenvalue weighted by atomic mass is 9.91. The van der Waals surface area contributed by atoms with Gasteiger partial charge in [0.1, 0.15) is 11.9 Å². The summed E-state index contributed by atoms with van der Waals surface area (Å²) >= 11 is 0. The van der Waals surface area contributed by atoms with Crippen LogP contribution < -0.4 is 5.32 Å². The standard InChI is InChI=1S/C21H27F6NO/c1-13(2)10-20(23,24)11-16(17(29)12-19(3)8-9-19)28-18(21(25,26)27)14-4-6-15(22)7-5-14/h4-7,13,16,18,28H,8-12H2,1-3H3/t16-,18-/m0/s1. The maximum Gasteiger partial charge on any atom is 0.407 e. The van der Waals surface area contributed by atoms with E-state index in [4.69, 9.17) is 0 Å². The zero-order valence-corrected chi connectivity index (χ0v) is 16.8. The quantitative estimate of drug-likeness (QED) is 0.453. The second kappa shape index (κ2) is 8.66. The fourth-order valence-electron chi connectivity index (χ4n) is 3.42. The van der Waals surface area contributed by atoms with Gasteiger partial charge in [0, 0.05) is 19.3 Å². The Balaban J connectivity index is 2.29. The summed E-state index contributed by atoms with van der Waals surface area (Å²) in [6.45, 7) is 4.98. The van der Waals surface area contributed by atoms with Gasteiger partial charge < -0.3 is 0 Å². The second-order valence-corrected chi connectivity index (χ2v) is 8.86. The molecule has 1 aromatic rings. The van der Waals surface area contributed by atoms with Crippen molar-refractivity contribution in [3.05, 3.63) is 35.6 Å². The van der Waals surface area contributed by atoms with Crippen molar-refractivity contribution < 1.29 is 31.1 Å². The van der Waals surface area contributed by atoms with Crippen molar-refractivity contribution in [2.45, 2.75) is 77.1 Å². The molecule has 0 bridgehead atoms. The molecule has 0 heterocycles. The summed E-state index contributed by atoms with van der Waals surface area (Å²) in [5.41, 5.74) is -0.657. The highest BCUT2D eigenvalue weighted by Crippen LogP contribution is 2.49. The normalized spacial score (nSPS) is 18.6. The Labute approximate surface area is 167 Å². The summed E-state index contributed by atoms with van der Waals surface area (Å²) in [5.74, 6) is -5.03. The van der Waals surface area contributed by atoms with Crippen LogP contribution in [0.1, 0.15) is 64.5 Å². The van der Waals surface area contributed by atoms with Gasteiger partial charge in [-0.15, -0.1) is 0 Å². The van der Waals surface area contributed by atoms with Gasteiger partial charge in [0.25, 0.3) is 0 Å². The first-order chi connectivity index (χ1) is 13.2. The Kier molecular flexibility index (Phi) is 7.08. The Morgan fingerprint density at radius 2 is 1.62 bits per heavy atom. The first kappa shape index (κ1) is 23.7. The molecule has 1 aliphatic rings. The minimum absolute atomic E-state index is 0.0452. The van der Waals surface area contributed by atoms with Crippen molar-refractivity contribution in [1.82, 2.24) is 5.32 Å². The first-order valence-electron chi connectivity index (χ1n) is 9.70. The van der Waals surface area contributed by atoms with E-state index in [9.17, 15) is 31.1 Å². The van der Waals surface area contributed by atoms with Gasteiger partial charge >= 0.3 is 6.18 Å². The monoisotopic (exact) mass is 423 g/mol. The van der Waals surface area contributed by atoms with Gasteiger partial charge in [-0.2, -0.15) is 13.2 Å². The number of hydrogen-bond acceptors (Lipinski definition) is 2. The fourth-order valence-corrected chi connectivity index (χ4v) is 3.42. The summed E-state index contributed by atoms with van der Waals surface area (Å²) in [6.07, 6.45) is -4.93. The molecule has 0 aliphatic heterocycles. The Bertz CT molecular complexity index is 694. The van der Waals surface area contributed by atoms with E-state index in [-0.39, 0.29) is 23.3 Å². The average molecular weight is 423 g/mol. The summed E-state index contributed by atoms with van der Waals surface area (Å²) in [7, 11) is 0. The molecule has 2 rings (SSSR count). The number of benzene rings is 1. The summed E-state index contributed by atoms with van der Waals surface area (Å²) in [4.78, 5) is 12.7. The van der Waals surface area contributed by atoms with Crippen molar-refractivity contribution >= 4 is 5.78 Å². The highest BCUT2D eigenvalue weighted by molar-refractivity contribution is 5.85. The van der Waals surface area contributed by atoms with E-state index in [0.717, 1.165) is 37.1 Å². The molecular weight excluding hydrogens is 396 g/mol. The van der Waals surface area contributed by atoms with E-state index >= 15 is 0 Å². The molecule has 0 aromatic heterocycles. The molecule has 8 heteroatoms. The van der Waals surface area contributed by atoms with Crippen LogP contribution in [0.3, 0.4) is 0 Å². The van der Waals surface area contributed by atoms with Crippen molar-refractivity contribution in [3.8, 4) is 0 Å². The van der Waals surface area contributed by atoms with E-state index in [1.165, 1.54) is 0 Å². The van der Waals surface area contributed by atoms with Gasteiger partial charge in [-0.3, -0.25) is 10.1 Å². The number of hydrogen-bond donors (Lipinski definition) is 1. The molecule has 0 amide bonds. The van der Waals surface area contributed by atoms with E-state index in [1.54, 1.807) is 13.8 Å². The number of rotatable bonds is 10. The molecule has 0 unspecified atom stereocenters. The molecule has 1 aliphatic carbocycles. The predicted molar refractivity (Wildman–Crippen MR) is 98.1 cm³/mol. The topological polar surface area (TPSA) is 29.1 Å². The molecule has 1 N–H and O–H groups in total. The molecule has 0 saturated heterocycles. The van der Waals surface area contributed by atoms with Crippen molar-refractivity contribution in [1.29, 1.82) is 0 Å². The molecule has 164 valence electrons. The molecule has 29 heavy (non-hydrogen) atoms. The van der Waals surface area contributed by atoms with Gasteiger partial charge in [0.15, 0.2) is 5.78 Å². The Morgan fingerprint density at radius 1 is 1.07 bits per heavy atom. The van der Waals surface area contributed by atoms with Gasteiger partial charge in [0.2, 0.25) is 5.92 Å². The Hall–Kier alpha value is -1.57. The third-order valence-electron chi connectivity index (χ3n) is 5.20. The van der Waals surface area contributed by atoms with Gasteiger partial charge in [0.05, 0.1) is 6.04 Å². The van der Waals surface area contributed by atoms with Gasteiger partial charge in [-0.1, -0.05) is 32.9 Å². The molecular formula is C21H27F6NO. The molecule has 2 atom stereocenters. The zero-order chi connectivity index (χ0) is 22.0. The van der Waals surface area contributed by atoms with E-state index in [1.807, 2.05) is 6.92 Å². The lowest BCUT2D eigenvalue weighted by Crippen LogP contribution is -2.47. The van der Waals surface area contributed by atoms with Crippen LogP contribution in [-0.4, -0.2) is 23.9 Å². The van der Waals surface area contributed by atoms with Crippen LogP contribution in [0.2, 0.25) is 0 Å². The van der Waals surface area contributed by atoms with E-state index < -0.39 is 48.6 Å². The van der Waals surface area contributed by atoms with Gasteiger partial charge in [-0.05, 0) is 41.9 Å². The van der Waals surface area contributed by atoms with Crippen LogP contribution >= 0.6 is 0 Å². The predicted octanol–water partition coefficient (Wildman–Crippen LogP) is 6.22. The van der Waals surface area contributed by atoms with Crippen LogP contribution in [0.4, 0.5) is 26.3 Å². The minimum Gasteiger partial charge on any atom is -0.298 e. The number of nitrogens with one attached hydrogen (secondary N) is 1. The number of alkyl halides is 5. The van der Waals surface area contributed by atoms with Crippen LogP contribution in [0.15, 0.2) is 24.3 Å². The second-order valence-electron chi connectivity index (χ2n) is 8.86. The van der Waals surface area contributed by atoms with Crippen LogP contribution in [0.5, 0.6) is 0 Å². The highest BCUT2D eigenvalue weighted by atomic mass is 19.4. The number of carbonyl (C=O) groups excluding carboxylic acids is 1. The lowest BCUT2D eigenvalue weighted by Gasteiger charge is -2.30. The largest absolute Gasteiger partial charge is 0.407 e. The number of halogens is 6. The SMILES string of the molecule is CC(C)CC(F)(F)C[C@H](N[C@@H](c1ccc(F)cc1)C(F)(F)F)C(=O)CC1(C)CC1. The maximum atomic E-state index is 14.4. The average Bonchev–Trinajstić information content (AvgIpc) is 3.26. The first-order valence-corrected chi connectivity index (χ1v) is 9.70. The Morgan fingerprint density at radius 3 is 2.07 bits per heavy atom. The zero-order valence-electron chi connectivity index (χ0n) is 16.8. The van der Waals surface area contributed by atoms with Gasteiger partial charge in [-0.25, -0.2) is 13.2 Å². The number of Topliss-reactive ketones (excluding diaryl/α,β-unsaturated/α-hetero) is 1. The molecule has 1 fully saturated rings. The molecule has 1 aromatic carbocycles. The number of carbonyl (C=O) groups is 1. The lowest BCUT2D eigenvalue weighted by molar-refractivity contribution is -0.163. The van der Waals surface area contributed by atoms with Crippen molar-refractivity contribution in [2.75, 3.05) is 0 Å². The van der Waals surface area contributed by atoms with Crippen LogP contribution in [0.25, 0.3) is 0 Å². The third-order valence-corrected chi connectivity index (χ3v) is 5.20. The van der Waals surface area contributed by atoms with Crippen LogP contribution in [0, 0.1) is 17.2 Å². The number of ketones is 1. The van der Waals surface area contributed by atoms with E-state index in [0.29, 0.717) is 0 Å². The van der Waals surface area contributed by atoms with Crippen LogP contribution in [-0.2, 0) is 4.79 Å².